The molecule has 8 heteroatoms. The van der Waals surface area contributed by atoms with Crippen LogP contribution in [0.5, 0.6) is 5.75 Å². The number of rotatable bonds is 7. The number of aromatic amines is 1. The zero-order valence-corrected chi connectivity index (χ0v) is 19.8. The lowest BCUT2D eigenvalue weighted by atomic mass is 10.0. The molecule has 5 rings (SSSR count). The molecule has 0 aliphatic carbocycles. The van der Waals surface area contributed by atoms with Crippen molar-refractivity contribution in [3.8, 4) is 16.9 Å². The number of hydrogen-bond donors (Lipinski definition) is 4. The number of carbonyl (C=O) groups is 1. The Labute approximate surface area is 204 Å². The highest BCUT2D eigenvalue weighted by Gasteiger charge is 2.16. The van der Waals surface area contributed by atoms with Gasteiger partial charge in [-0.05, 0) is 85.9 Å². The van der Waals surface area contributed by atoms with Gasteiger partial charge in [0.25, 0.3) is 0 Å². The number of nitrogens with zero attached hydrogens (tertiary/aromatic N) is 2. The number of likely N-dealkylation sites (tertiary alicyclic amines) is 1. The summed E-state index contributed by atoms with van der Waals surface area (Å²) in [7, 11) is 0. The first kappa shape index (κ1) is 22.7. The molecule has 1 saturated heterocycles. The number of aromatic nitrogens is 2. The second kappa shape index (κ2) is 10.1. The van der Waals surface area contributed by atoms with Gasteiger partial charge < -0.3 is 21.1 Å². The van der Waals surface area contributed by atoms with Gasteiger partial charge in [0.15, 0.2) is 5.82 Å². The number of aryl methyl sites for hydroxylation is 1. The van der Waals surface area contributed by atoms with Crippen LogP contribution in [0.1, 0.15) is 18.4 Å². The maximum absolute atomic E-state index is 12.4. The van der Waals surface area contributed by atoms with Crippen LogP contribution in [-0.4, -0.2) is 47.4 Å². The Morgan fingerprint density at radius 1 is 1.06 bits per heavy atom. The Kier molecular flexibility index (Phi) is 6.54. The van der Waals surface area contributed by atoms with Crippen LogP contribution < -0.4 is 21.1 Å². The minimum atomic E-state index is -0.291. The quantitative estimate of drug-likeness (QED) is 0.295. The molecular formula is C27H30N6O2. The van der Waals surface area contributed by atoms with Gasteiger partial charge in [-0.15, -0.1) is 0 Å². The Balaban J connectivity index is 1.29. The number of anilines is 3. The fourth-order valence-electron chi connectivity index (χ4n) is 4.53. The largest absolute Gasteiger partial charge is 0.490 e. The molecule has 5 N–H and O–H groups in total. The number of benzene rings is 3. The van der Waals surface area contributed by atoms with Crippen molar-refractivity contribution in [2.45, 2.75) is 19.8 Å². The molecule has 0 saturated carbocycles. The third-order valence-corrected chi connectivity index (χ3v) is 6.30. The van der Waals surface area contributed by atoms with E-state index in [2.05, 4.69) is 25.7 Å². The van der Waals surface area contributed by atoms with Crippen LogP contribution in [0.3, 0.4) is 0 Å². The number of fused-ring (bicyclic) bond motifs is 1. The molecule has 4 aromatic rings. The van der Waals surface area contributed by atoms with Gasteiger partial charge in [0.1, 0.15) is 17.9 Å². The fourth-order valence-corrected chi connectivity index (χ4v) is 4.53. The van der Waals surface area contributed by atoms with E-state index in [4.69, 9.17) is 10.5 Å². The van der Waals surface area contributed by atoms with E-state index in [1.807, 2.05) is 67.6 Å². The monoisotopic (exact) mass is 470 g/mol. The van der Waals surface area contributed by atoms with Gasteiger partial charge in [0.2, 0.25) is 0 Å². The molecule has 35 heavy (non-hydrogen) atoms. The summed E-state index contributed by atoms with van der Waals surface area (Å²) in [4.78, 5) is 14.8. The molecule has 0 radical (unpaired) electrons. The molecule has 0 spiro atoms. The topological polar surface area (TPSA) is 108 Å². The van der Waals surface area contributed by atoms with E-state index in [1.165, 1.54) is 12.8 Å². The number of nitrogen functional groups attached to an aromatic ring is 1. The van der Waals surface area contributed by atoms with Crippen molar-refractivity contribution >= 4 is 34.1 Å². The summed E-state index contributed by atoms with van der Waals surface area (Å²) in [6, 6.07) is 19.0. The van der Waals surface area contributed by atoms with Gasteiger partial charge in [-0.1, -0.05) is 24.3 Å². The number of carbonyl (C=O) groups excluding carboxylic acids is 1. The minimum absolute atomic E-state index is 0.291. The number of urea groups is 1. The van der Waals surface area contributed by atoms with Crippen LogP contribution in [-0.2, 0) is 0 Å². The van der Waals surface area contributed by atoms with Crippen LogP contribution in [0.25, 0.3) is 22.0 Å². The van der Waals surface area contributed by atoms with Crippen LogP contribution in [0.2, 0.25) is 0 Å². The highest BCUT2D eigenvalue weighted by molar-refractivity contribution is 6.04. The van der Waals surface area contributed by atoms with E-state index in [0.717, 1.165) is 58.7 Å². The highest BCUT2D eigenvalue weighted by Crippen LogP contribution is 2.36. The van der Waals surface area contributed by atoms with Crippen LogP contribution in [0, 0.1) is 6.92 Å². The van der Waals surface area contributed by atoms with Crippen LogP contribution >= 0.6 is 0 Å². The van der Waals surface area contributed by atoms with E-state index >= 15 is 0 Å². The lowest BCUT2D eigenvalue weighted by Gasteiger charge is -2.15. The average molecular weight is 471 g/mol. The molecule has 1 fully saturated rings. The molecule has 1 aliphatic heterocycles. The molecule has 3 aromatic carbocycles. The number of nitrogens with one attached hydrogen (secondary N) is 3. The standard InChI is InChI=1S/C27H30N6O2/c1-18-5-4-6-21(17-18)30-27(34)29-20-9-7-19(8-10-20)22-11-12-23(25-24(22)26(28)32-31-25)35-16-15-33-13-2-3-14-33/h4-12,17H,2-3,13-16H2,1H3,(H3,28,31,32)(H2,29,30,34). The smallest absolute Gasteiger partial charge is 0.323 e. The average Bonchev–Trinajstić information content (AvgIpc) is 3.50. The van der Waals surface area contributed by atoms with Crippen LogP contribution in [0.15, 0.2) is 60.7 Å². The van der Waals surface area contributed by atoms with Gasteiger partial charge in [0, 0.05) is 17.9 Å². The molecule has 0 bridgehead atoms. The second-order valence-electron chi connectivity index (χ2n) is 8.89. The number of amides is 2. The maximum atomic E-state index is 12.4. The molecule has 2 heterocycles. The van der Waals surface area contributed by atoms with Crippen molar-refractivity contribution in [3.63, 3.8) is 0 Å². The van der Waals surface area contributed by atoms with E-state index < -0.39 is 0 Å². The third-order valence-electron chi connectivity index (χ3n) is 6.30. The molecule has 2 amide bonds. The number of H-pyrrole nitrogens is 1. The lowest BCUT2D eigenvalue weighted by molar-refractivity contribution is 0.239. The van der Waals surface area contributed by atoms with Gasteiger partial charge in [-0.3, -0.25) is 10.00 Å². The molecule has 0 unspecified atom stereocenters. The van der Waals surface area contributed by atoms with Crippen LogP contribution in [0.4, 0.5) is 22.0 Å². The van der Waals surface area contributed by atoms with Crippen molar-refractivity contribution < 1.29 is 9.53 Å². The summed E-state index contributed by atoms with van der Waals surface area (Å²) < 4.78 is 6.08. The van der Waals surface area contributed by atoms with Gasteiger partial charge >= 0.3 is 6.03 Å². The van der Waals surface area contributed by atoms with Crippen molar-refractivity contribution in [1.82, 2.24) is 15.1 Å². The van der Waals surface area contributed by atoms with Gasteiger partial charge in [-0.25, -0.2) is 4.79 Å². The first-order chi connectivity index (χ1) is 17.1. The van der Waals surface area contributed by atoms with E-state index in [9.17, 15) is 4.79 Å². The van der Waals surface area contributed by atoms with E-state index in [-0.39, 0.29) is 6.03 Å². The van der Waals surface area contributed by atoms with Crippen molar-refractivity contribution in [2.75, 3.05) is 42.6 Å². The predicted octanol–water partition coefficient (Wildman–Crippen LogP) is 5.24. The summed E-state index contributed by atoms with van der Waals surface area (Å²) in [5.74, 6) is 1.18. The third kappa shape index (κ3) is 5.22. The summed E-state index contributed by atoms with van der Waals surface area (Å²) in [5.41, 5.74) is 11.5. The Hall–Kier alpha value is -4.04. The summed E-state index contributed by atoms with van der Waals surface area (Å²) in [6.45, 7) is 5.82. The summed E-state index contributed by atoms with van der Waals surface area (Å²) >= 11 is 0. The predicted molar refractivity (Wildman–Crippen MR) is 141 cm³/mol. The van der Waals surface area contributed by atoms with Gasteiger partial charge in [0.05, 0.1) is 5.39 Å². The minimum Gasteiger partial charge on any atom is -0.490 e. The number of nitrogens with two attached hydrogens (primary N) is 1. The van der Waals surface area contributed by atoms with Crippen molar-refractivity contribution in [2.24, 2.45) is 0 Å². The molecule has 0 atom stereocenters. The lowest BCUT2D eigenvalue weighted by Crippen LogP contribution is -2.25. The SMILES string of the molecule is Cc1cccc(NC(=O)Nc2ccc(-c3ccc(OCCN4CCCC4)c4[nH]nc(N)c34)cc2)c1. The van der Waals surface area contributed by atoms with E-state index in [0.29, 0.717) is 18.1 Å². The molecule has 8 nitrogen and oxygen atoms in total. The van der Waals surface area contributed by atoms with Gasteiger partial charge in [-0.2, -0.15) is 5.10 Å². The summed E-state index contributed by atoms with van der Waals surface area (Å²) in [5, 5.41) is 13.8. The Bertz CT molecular complexity index is 1330. The second-order valence-corrected chi connectivity index (χ2v) is 8.89. The van der Waals surface area contributed by atoms with Crippen molar-refractivity contribution in [3.05, 3.63) is 66.2 Å². The normalized spacial score (nSPS) is 13.7. The zero-order chi connectivity index (χ0) is 24.2. The number of hydrogen-bond acceptors (Lipinski definition) is 5. The first-order valence-electron chi connectivity index (χ1n) is 11.9. The highest BCUT2D eigenvalue weighted by atomic mass is 16.5. The molecule has 1 aliphatic rings. The number of ether oxygens (including phenoxy) is 1. The fraction of sp³-hybridized carbons (Fsp3) is 0.259. The Morgan fingerprint density at radius 3 is 2.60 bits per heavy atom. The Morgan fingerprint density at radius 2 is 1.83 bits per heavy atom. The van der Waals surface area contributed by atoms with E-state index in [1.54, 1.807) is 0 Å². The summed E-state index contributed by atoms with van der Waals surface area (Å²) in [6.07, 6.45) is 2.53. The molecule has 180 valence electrons. The maximum Gasteiger partial charge on any atom is 0.323 e. The molecule has 1 aromatic heterocycles. The van der Waals surface area contributed by atoms with Crippen molar-refractivity contribution in [1.29, 1.82) is 0 Å². The zero-order valence-electron chi connectivity index (χ0n) is 19.8. The first-order valence-corrected chi connectivity index (χ1v) is 11.9. The molecular weight excluding hydrogens is 440 g/mol.